The number of hydrogen-bond donors (Lipinski definition) is 2. The molecule has 0 rings (SSSR count). The number of hydrogen-bond acceptors (Lipinski definition) is 4. The number of unbranched alkanes of at least 4 members (excludes halogenated alkanes) is 8. The molecule has 0 aliphatic carbocycles. The van der Waals surface area contributed by atoms with Crippen LogP contribution in [0, 0.1) is 0 Å². The average molecular weight is 547 g/mol. The molecule has 0 spiro atoms. The summed E-state index contributed by atoms with van der Waals surface area (Å²) in [7, 11) is 8.82. The molecule has 0 amide bonds. The first kappa shape index (κ1) is 37.8. The molecule has 0 radical (unpaired) electrons. The summed E-state index contributed by atoms with van der Waals surface area (Å²) in [6.45, 7) is 13.2. The Bertz CT molecular complexity index is 480. The van der Waals surface area contributed by atoms with E-state index in [4.69, 9.17) is 9.47 Å². The van der Waals surface area contributed by atoms with E-state index in [2.05, 4.69) is 42.0 Å². The molecule has 0 saturated heterocycles. The van der Waals surface area contributed by atoms with Gasteiger partial charge < -0.3 is 28.7 Å². The van der Waals surface area contributed by atoms with Gasteiger partial charge in [-0.25, -0.2) is 0 Å². The summed E-state index contributed by atoms with van der Waals surface area (Å²) in [5.41, 5.74) is 0. The van der Waals surface area contributed by atoms with Gasteiger partial charge in [0.25, 0.3) is 0 Å². The lowest BCUT2D eigenvalue weighted by molar-refractivity contribution is -0.893. The lowest BCUT2D eigenvalue weighted by Crippen LogP contribution is -2.46. The third kappa shape index (κ3) is 23.6. The van der Waals surface area contributed by atoms with Crippen LogP contribution in [0.2, 0.25) is 0 Å². The minimum absolute atomic E-state index is 0.265. The molecule has 0 fully saturated rings. The van der Waals surface area contributed by atoms with Crippen molar-refractivity contribution in [1.82, 2.24) is 0 Å². The second kappa shape index (κ2) is 22.4. The number of nitrogens with zero attached hydrogens (tertiary/aromatic N) is 2. The maximum atomic E-state index is 9.87. The Hall–Kier alpha value is -0.240. The van der Waals surface area contributed by atoms with Crippen LogP contribution < -0.4 is 0 Å². The Balaban J connectivity index is 4.79. The third-order valence-corrected chi connectivity index (χ3v) is 7.68. The zero-order valence-electron chi connectivity index (χ0n) is 27.1. The van der Waals surface area contributed by atoms with Crippen molar-refractivity contribution in [3.8, 4) is 0 Å². The van der Waals surface area contributed by atoms with Crippen LogP contribution in [-0.4, -0.2) is 111 Å². The van der Waals surface area contributed by atoms with Gasteiger partial charge in [-0.2, -0.15) is 0 Å². The summed E-state index contributed by atoms with van der Waals surface area (Å²) in [4.78, 5) is 0. The molecular weight excluding hydrogens is 476 g/mol. The minimum Gasteiger partial charge on any atom is -0.388 e. The molecule has 6 nitrogen and oxygen atoms in total. The smallest absolute Gasteiger partial charge is 0.104 e. The van der Waals surface area contributed by atoms with Crippen LogP contribution in [0.5, 0.6) is 0 Å². The predicted octanol–water partition coefficient (Wildman–Crippen LogP) is 6.17. The van der Waals surface area contributed by atoms with Crippen LogP contribution >= 0.6 is 0 Å². The van der Waals surface area contributed by atoms with Crippen LogP contribution in [0.4, 0.5) is 0 Å². The summed E-state index contributed by atoms with van der Waals surface area (Å²) < 4.78 is 14.5. The van der Waals surface area contributed by atoms with Crippen LogP contribution in [0.3, 0.4) is 0 Å². The summed E-state index contributed by atoms with van der Waals surface area (Å²) >= 11 is 0. The van der Waals surface area contributed by atoms with E-state index in [9.17, 15) is 10.2 Å². The zero-order chi connectivity index (χ0) is 28.9. The highest BCUT2D eigenvalue weighted by Gasteiger charge is 2.22. The molecule has 2 N–H and O–H groups in total. The van der Waals surface area contributed by atoms with Gasteiger partial charge in [-0.15, -0.1) is 0 Å². The number of aliphatic hydroxyl groups excluding tert-OH is 2. The van der Waals surface area contributed by atoms with Crippen LogP contribution in [0.1, 0.15) is 118 Å². The summed E-state index contributed by atoms with van der Waals surface area (Å²) in [5.74, 6) is 0. The highest BCUT2D eigenvalue weighted by molar-refractivity contribution is 4.63. The predicted molar refractivity (Wildman–Crippen MR) is 163 cm³/mol. The topological polar surface area (TPSA) is 58.9 Å². The van der Waals surface area contributed by atoms with E-state index in [0.29, 0.717) is 13.2 Å². The van der Waals surface area contributed by atoms with Crippen molar-refractivity contribution in [2.75, 3.05) is 67.6 Å². The van der Waals surface area contributed by atoms with E-state index in [1.807, 2.05) is 13.8 Å². The first-order valence-corrected chi connectivity index (χ1v) is 16.1. The first-order valence-electron chi connectivity index (χ1n) is 16.1. The summed E-state index contributed by atoms with van der Waals surface area (Å²) in [6, 6.07) is 0. The molecule has 0 heterocycles. The van der Waals surface area contributed by atoms with E-state index in [0.717, 1.165) is 60.8 Å². The Kier molecular flexibility index (Phi) is 22.3. The second-order valence-electron chi connectivity index (χ2n) is 13.4. The molecular formula is C32H70N2O4+2. The van der Waals surface area contributed by atoms with E-state index in [1.54, 1.807) is 0 Å². The highest BCUT2D eigenvalue weighted by atomic mass is 16.5. The van der Waals surface area contributed by atoms with Gasteiger partial charge in [0.2, 0.25) is 0 Å². The standard InChI is InChI=1S/C32H70N2O4/c1-9-11-13-15-17-19-31(21-23-33(5,6)27-29(3)35)37-25-26-38-32(20-18-16-14-12-10-2)22-24-34(7,8)28-30(4)36/h29-32,35-36H,9-28H2,1-8H3/q+2. The Morgan fingerprint density at radius 2 is 0.868 bits per heavy atom. The molecule has 0 saturated carbocycles. The van der Waals surface area contributed by atoms with Crippen LogP contribution in [0.25, 0.3) is 0 Å². The highest BCUT2D eigenvalue weighted by Crippen LogP contribution is 2.17. The normalized spacial score (nSPS) is 15.9. The van der Waals surface area contributed by atoms with Gasteiger partial charge in [-0.3, -0.25) is 0 Å². The maximum Gasteiger partial charge on any atom is 0.104 e. The quantitative estimate of drug-likeness (QED) is 0.0955. The number of rotatable bonds is 27. The number of aliphatic hydroxyl groups is 2. The van der Waals surface area contributed by atoms with Gasteiger partial charge in [-0.1, -0.05) is 78.1 Å². The number of likely N-dealkylation sites (N-methyl/N-ethyl adjacent to an activating group) is 2. The van der Waals surface area contributed by atoms with Crippen molar-refractivity contribution in [3.05, 3.63) is 0 Å². The molecule has 0 aliphatic rings. The molecule has 6 heteroatoms. The molecule has 38 heavy (non-hydrogen) atoms. The summed E-state index contributed by atoms with van der Waals surface area (Å²) in [6.07, 6.45) is 17.1. The van der Waals surface area contributed by atoms with Gasteiger partial charge in [0.1, 0.15) is 25.3 Å². The minimum atomic E-state index is -0.282. The fourth-order valence-corrected chi connectivity index (χ4v) is 5.60. The molecule has 230 valence electrons. The fraction of sp³-hybridized carbons (Fsp3) is 1.00. The molecule has 4 unspecified atom stereocenters. The van der Waals surface area contributed by atoms with Gasteiger partial charge in [0.15, 0.2) is 0 Å². The van der Waals surface area contributed by atoms with Crippen molar-refractivity contribution in [2.45, 2.75) is 142 Å². The first-order chi connectivity index (χ1) is 17.9. The molecule has 0 bridgehead atoms. The van der Waals surface area contributed by atoms with Gasteiger partial charge in [0, 0.05) is 12.8 Å². The van der Waals surface area contributed by atoms with Crippen molar-refractivity contribution in [1.29, 1.82) is 0 Å². The third-order valence-electron chi connectivity index (χ3n) is 7.68. The van der Waals surface area contributed by atoms with Crippen LogP contribution in [0.15, 0.2) is 0 Å². The van der Waals surface area contributed by atoms with Crippen molar-refractivity contribution >= 4 is 0 Å². The van der Waals surface area contributed by atoms with Crippen LogP contribution in [-0.2, 0) is 9.47 Å². The largest absolute Gasteiger partial charge is 0.388 e. The van der Waals surface area contributed by atoms with Crippen molar-refractivity contribution in [3.63, 3.8) is 0 Å². The van der Waals surface area contributed by atoms with Crippen molar-refractivity contribution in [2.24, 2.45) is 0 Å². The van der Waals surface area contributed by atoms with E-state index in [1.165, 1.54) is 64.2 Å². The molecule has 0 aliphatic heterocycles. The monoisotopic (exact) mass is 547 g/mol. The average Bonchev–Trinajstić information content (AvgIpc) is 2.80. The Labute approximate surface area is 238 Å². The zero-order valence-corrected chi connectivity index (χ0v) is 27.1. The maximum absolute atomic E-state index is 9.87. The molecule has 0 aromatic rings. The van der Waals surface area contributed by atoms with Gasteiger partial charge in [0.05, 0.1) is 66.7 Å². The second-order valence-corrected chi connectivity index (χ2v) is 13.4. The van der Waals surface area contributed by atoms with Crippen molar-refractivity contribution < 1.29 is 28.7 Å². The number of quaternary nitrogens is 2. The van der Waals surface area contributed by atoms with Gasteiger partial charge in [-0.05, 0) is 26.7 Å². The lowest BCUT2D eigenvalue weighted by Gasteiger charge is -2.33. The molecule has 0 aromatic heterocycles. The van der Waals surface area contributed by atoms with E-state index < -0.39 is 0 Å². The van der Waals surface area contributed by atoms with Gasteiger partial charge >= 0.3 is 0 Å². The molecule has 4 atom stereocenters. The Morgan fingerprint density at radius 3 is 1.18 bits per heavy atom. The lowest BCUT2D eigenvalue weighted by atomic mass is 10.1. The molecule has 0 aromatic carbocycles. The number of ether oxygens (including phenoxy) is 2. The Morgan fingerprint density at radius 1 is 0.526 bits per heavy atom. The van der Waals surface area contributed by atoms with E-state index >= 15 is 0 Å². The fourth-order valence-electron chi connectivity index (χ4n) is 5.60. The summed E-state index contributed by atoms with van der Waals surface area (Å²) in [5, 5.41) is 19.7. The van der Waals surface area contributed by atoms with E-state index in [-0.39, 0.29) is 24.4 Å². The SMILES string of the molecule is CCCCCCCC(CC[N+](C)(C)CC(C)O)OCCOC(CCCCCCC)CC[N+](C)(C)CC(C)O.